The van der Waals surface area contributed by atoms with Crippen LogP contribution in [0.3, 0.4) is 0 Å². The van der Waals surface area contributed by atoms with Crippen molar-refractivity contribution in [2.24, 2.45) is 0 Å². The zero-order valence-electron chi connectivity index (χ0n) is 10.9. The number of nitrogens with zero attached hydrogens (tertiary/aromatic N) is 3. The normalized spacial score (nSPS) is 21.0. The third kappa shape index (κ3) is 3.20. The maximum atomic E-state index is 5.11. The number of hydrogen-bond acceptors (Lipinski definition) is 4. The summed E-state index contributed by atoms with van der Waals surface area (Å²) in [5.41, 5.74) is 1.05. The van der Waals surface area contributed by atoms with Gasteiger partial charge in [-0.25, -0.2) is 4.98 Å². The Labute approximate surface area is 103 Å². The largest absolute Gasteiger partial charge is 0.383 e. The molecule has 1 saturated heterocycles. The Morgan fingerprint density at radius 1 is 1.59 bits per heavy atom. The molecule has 1 aromatic heterocycles. The summed E-state index contributed by atoms with van der Waals surface area (Å²) < 4.78 is 7.25. The molecule has 1 N–H and O–H groups in total. The van der Waals surface area contributed by atoms with Crippen LogP contribution in [-0.2, 0) is 11.3 Å². The van der Waals surface area contributed by atoms with Gasteiger partial charge in [0.15, 0.2) is 0 Å². The number of anilines is 1. The van der Waals surface area contributed by atoms with Crippen molar-refractivity contribution in [1.29, 1.82) is 0 Å². The molecule has 1 fully saturated rings. The molecule has 0 spiro atoms. The van der Waals surface area contributed by atoms with Crippen molar-refractivity contribution in [3.63, 3.8) is 0 Å². The number of rotatable bonds is 5. The molecule has 0 bridgehead atoms. The van der Waals surface area contributed by atoms with Crippen LogP contribution in [0.4, 0.5) is 5.95 Å². The average molecular weight is 238 g/mol. The summed E-state index contributed by atoms with van der Waals surface area (Å²) in [6, 6.07) is 0.517. The first-order valence-electron chi connectivity index (χ1n) is 6.17. The fourth-order valence-corrected chi connectivity index (χ4v) is 2.26. The Kier molecular flexibility index (Phi) is 4.02. The third-order valence-electron chi connectivity index (χ3n) is 3.16. The Morgan fingerprint density at radius 3 is 3.06 bits per heavy atom. The lowest BCUT2D eigenvalue weighted by molar-refractivity contribution is 0.187. The molecule has 1 unspecified atom stereocenters. The predicted molar refractivity (Wildman–Crippen MR) is 68.4 cm³/mol. The van der Waals surface area contributed by atoms with Gasteiger partial charge in [0, 0.05) is 32.4 Å². The highest BCUT2D eigenvalue weighted by molar-refractivity contribution is 5.30. The fraction of sp³-hybridized carbons (Fsp3) is 0.750. The minimum absolute atomic E-state index is 0.517. The Morgan fingerprint density at radius 2 is 2.41 bits per heavy atom. The van der Waals surface area contributed by atoms with Crippen molar-refractivity contribution in [1.82, 2.24) is 14.5 Å². The van der Waals surface area contributed by atoms with Crippen molar-refractivity contribution in [2.45, 2.75) is 25.9 Å². The van der Waals surface area contributed by atoms with Crippen LogP contribution < -0.4 is 5.32 Å². The SMILES string of the molecule is COCCn1cc(C)nc1NC1CCN(C)C1. The van der Waals surface area contributed by atoms with E-state index in [-0.39, 0.29) is 0 Å². The molecule has 1 aromatic rings. The maximum absolute atomic E-state index is 5.11. The molecule has 1 aliphatic heterocycles. The van der Waals surface area contributed by atoms with Gasteiger partial charge in [-0.1, -0.05) is 0 Å². The molecular formula is C12H22N4O. The number of hydrogen-bond donors (Lipinski definition) is 1. The van der Waals surface area contributed by atoms with E-state index in [4.69, 9.17) is 4.74 Å². The van der Waals surface area contributed by atoms with Gasteiger partial charge in [-0.3, -0.25) is 0 Å². The van der Waals surface area contributed by atoms with E-state index < -0.39 is 0 Å². The molecule has 1 aliphatic rings. The van der Waals surface area contributed by atoms with Crippen LogP contribution in [0.1, 0.15) is 12.1 Å². The summed E-state index contributed by atoms with van der Waals surface area (Å²) in [5, 5.41) is 3.52. The highest BCUT2D eigenvalue weighted by Gasteiger charge is 2.20. The number of ether oxygens (including phenoxy) is 1. The van der Waals surface area contributed by atoms with E-state index in [1.807, 2.05) is 6.92 Å². The Bertz CT molecular complexity index is 363. The topological polar surface area (TPSA) is 42.3 Å². The van der Waals surface area contributed by atoms with Crippen molar-refractivity contribution < 1.29 is 4.74 Å². The fourth-order valence-electron chi connectivity index (χ4n) is 2.26. The molecule has 0 amide bonds. The van der Waals surface area contributed by atoms with Gasteiger partial charge < -0.3 is 19.5 Å². The van der Waals surface area contributed by atoms with Crippen molar-refractivity contribution in [3.8, 4) is 0 Å². The molecule has 96 valence electrons. The molecule has 5 heteroatoms. The molecule has 5 nitrogen and oxygen atoms in total. The van der Waals surface area contributed by atoms with Gasteiger partial charge in [0.2, 0.25) is 5.95 Å². The summed E-state index contributed by atoms with van der Waals surface area (Å²) >= 11 is 0. The van der Waals surface area contributed by atoms with Crippen LogP contribution in [0.5, 0.6) is 0 Å². The van der Waals surface area contributed by atoms with Crippen molar-refractivity contribution in [2.75, 3.05) is 39.2 Å². The lowest BCUT2D eigenvalue weighted by atomic mass is 10.3. The highest BCUT2D eigenvalue weighted by atomic mass is 16.5. The standard InChI is InChI=1S/C12H22N4O/c1-10-8-16(6-7-17-3)12(13-10)14-11-4-5-15(2)9-11/h8,11H,4-7,9H2,1-3H3,(H,13,14). The number of likely N-dealkylation sites (N-methyl/N-ethyl adjacent to an activating group) is 1. The maximum Gasteiger partial charge on any atom is 0.203 e. The van der Waals surface area contributed by atoms with E-state index in [0.29, 0.717) is 6.04 Å². The third-order valence-corrected chi connectivity index (χ3v) is 3.16. The number of likely N-dealkylation sites (tertiary alicyclic amines) is 1. The Hall–Kier alpha value is -1.07. The molecule has 0 radical (unpaired) electrons. The molecule has 17 heavy (non-hydrogen) atoms. The summed E-state index contributed by atoms with van der Waals surface area (Å²) in [7, 11) is 3.88. The minimum atomic E-state index is 0.517. The van der Waals surface area contributed by atoms with Crippen molar-refractivity contribution >= 4 is 5.95 Å². The first kappa shape index (κ1) is 12.4. The van der Waals surface area contributed by atoms with E-state index in [0.717, 1.165) is 37.9 Å². The number of nitrogens with one attached hydrogen (secondary N) is 1. The number of imidazole rings is 1. The van der Waals surface area contributed by atoms with E-state index in [9.17, 15) is 0 Å². The van der Waals surface area contributed by atoms with Gasteiger partial charge in [0.05, 0.1) is 12.3 Å². The highest BCUT2D eigenvalue weighted by Crippen LogP contribution is 2.14. The first-order valence-corrected chi connectivity index (χ1v) is 6.17. The van der Waals surface area contributed by atoms with Crippen molar-refractivity contribution in [3.05, 3.63) is 11.9 Å². The Balaban J connectivity index is 1.99. The molecule has 2 rings (SSSR count). The second-order valence-corrected chi connectivity index (χ2v) is 4.78. The van der Waals surface area contributed by atoms with Crippen LogP contribution in [0.25, 0.3) is 0 Å². The second kappa shape index (κ2) is 5.51. The van der Waals surface area contributed by atoms with Gasteiger partial charge >= 0.3 is 0 Å². The summed E-state index contributed by atoms with van der Waals surface area (Å²) in [5.74, 6) is 0.972. The van der Waals surface area contributed by atoms with Gasteiger partial charge in [0.1, 0.15) is 0 Å². The number of methoxy groups -OCH3 is 1. The lowest BCUT2D eigenvalue weighted by Crippen LogP contribution is -2.25. The summed E-state index contributed by atoms with van der Waals surface area (Å²) in [6.07, 6.45) is 3.26. The zero-order chi connectivity index (χ0) is 12.3. The quantitative estimate of drug-likeness (QED) is 0.829. The van der Waals surface area contributed by atoms with Gasteiger partial charge in [-0.05, 0) is 26.9 Å². The molecular weight excluding hydrogens is 216 g/mol. The second-order valence-electron chi connectivity index (χ2n) is 4.78. The average Bonchev–Trinajstić information content (AvgIpc) is 2.83. The van der Waals surface area contributed by atoms with Gasteiger partial charge in [-0.15, -0.1) is 0 Å². The first-order chi connectivity index (χ1) is 8.19. The van der Waals surface area contributed by atoms with Crippen LogP contribution in [0, 0.1) is 6.92 Å². The monoisotopic (exact) mass is 238 g/mol. The number of aromatic nitrogens is 2. The van der Waals surface area contributed by atoms with Gasteiger partial charge in [-0.2, -0.15) is 0 Å². The van der Waals surface area contributed by atoms with E-state index >= 15 is 0 Å². The van der Waals surface area contributed by atoms with E-state index in [1.54, 1.807) is 7.11 Å². The van der Waals surface area contributed by atoms with Crippen LogP contribution in [0.15, 0.2) is 6.20 Å². The summed E-state index contributed by atoms with van der Waals surface area (Å²) in [6.45, 7) is 5.85. The van der Waals surface area contributed by atoms with Gasteiger partial charge in [0.25, 0.3) is 0 Å². The van der Waals surface area contributed by atoms with Crippen LogP contribution in [-0.4, -0.2) is 54.3 Å². The van der Waals surface area contributed by atoms with E-state index in [2.05, 4.69) is 33.0 Å². The molecule has 0 aliphatic carbocycles. The molecule has 0 aromatic carbocycles. The lowest BCUT2D eigenvalue weighted by Gasteiger charge is -2.15. The zero-order valence-corrected chi connectivity index (χ0v) is 10.9. The summed E-state index contributed by atoms with van der Waals surface area (Å²) in [4.78, 5) is 6.87. The molecule has 2 heterocycles. The van der Waals surface area contributed by atoms with E-state index in [1.165, 1.54) is 6.42 Å². The van der Waals surface area contributed by atoms with Crippen LogP contribution in [0.2, 0.25) is 0 Å². The minimum Gasteiger partial charge on any atom is -0.383 e. The van der Waals surface area contributed by atoms with Crippen LogP contribution >= 0.6 is 0 Å². The predicted octanol–water partition coefficient (Wildman–Crippen LogP) is 0.954. The smallest absolute Gasteiger partial charge is 0.203 e. The molecule has 0 saturated carbocycles. The number of aryl methyl sites for hydroxylation is 1. The molecule has 1 atom stereocenters.